The smallest absolute Gasteiger partial charge is 0.128 e. The highest BCUT2D eigenvalue weighted by Crippen LogP contribution is 2.29. The summed E-state index contributed by atoms with van der Waals surface area (Å²) < 4.78 is 14.0. The van der Waals surface area contributed by atoms with Crippen molar-refractivity contribution in [3.8, 4) is 0 Å². The first-order valence-corrected chi connectivity index (χ1v) is 6.33. The zero-order valence-corrected chi connectivity index (χ0v) is 10.3. The summed E-state index contributed by atoms with van der Waals surface area (Å²) in [5.41, 5.74) is 1.67. The van der Waals surface area contributed by atoms with Crippen LogP contribution < -0.4 is 0 Å². The Kier molecular flexibility index (Phi) is 4.13. The fraction of sp³-hybridized carbons (Fsp3) is 0.571. The van der Waals surface area contributed by atoms with Crippen LogP contribution in [0.1, 0.15) is 36.4 Å². The maximum absolute atomic E-state index is 14.0. The Bertz CT molecular complexity index is 374. The molecule has 1 heterocycles. The van der Waals surface area contributed by atoms with Gasteiger partial charge >= 0.3 is 0 Å². The number of benzene rings is 1. The Morgan fingerprint density at radius 2 is 2.06 bits per heavy atom. The number of likely N-dealkylation sites (tertiary alicyclic amines) is 1. The van der Waals surface area contributed by atoms with Gasteiger partial charge in [-0.1, -0.05) is 12.1 Å². The molecule has 0 bridgehead atoms. The van der Waals surface area contributed by atoms with Gasteiger partial charge in [0, 0.05) is 18.2 Å². The predicted octanol–water partition coefficient (Wildman–Crippen LogP) is 2.65. The van der Waals surface area contributed by atoms with E-state index in [0.29, 0.717) is 6.42 Å². The van der Waals surface area contributed by atoms with E-state index in [1.54, 1.807) is 6.07 Å². The van der Waals surface area contributed by atoms with Crippen molar-refractivity contribution in [1.82, 2.24) is 4.90 Å². The summed E-state index contributed by atoms with van der Waals surface area (Å²) in [6.07, 6.45) is 2.96. The number of aliphatic hydroxyl groups is 1. The van der Waals surface area contributed by atoms with E-state index in [4.69, 9.17) is 5.11 Å². The maximum Gasteiger partial charge on any atom is 0.128 e. The summed E-state index contributed by atoms with van der Waals surface area (Å²) in [4.78, 5) is 2.28. The van der Waals surface area contributed by atoms with Crippen LogP contribution in [0.25, 0.3) is 0 Å². The van der Waals surface area contributed by atoms with E-state index in [2.05, 4.69) is 4.90 Å². The van der Waals surface area contributed by atoms with Gasteiger partial charge in [0.1, 0.15) is 5.82 Å². The number of halogens is 1. The quantitative estimate of drug-likeness (QED) is 0.870. The van der Waals surface area contributed by atoms with Gasteiger partial charge < -0.3 is 5.11 Å². The van der Waals surface area contributed by atoms with E-state index >= 15 is 0 Å². The van der Waals surface area contributed by atoms with E-state index in [-0.39, 0.29) is 18.5 Å². The highest BCUT2D eigenvalue weighted by molar-refractivity contribution is 5.26. The number of hydrogen-bond donors (Lipinski definition) is 1. The van der Waals surface area contributed by atoms with Gasteiger partial charge in [0.05, 0.1) is 0 Å². The van der Waals surface area contributed by atoms with Crippen LogP contribution in [0, 0.1) is 12.7 Å². The molecule has 0 radical (unpaired) electrons. The van der Waals surface area contributed by atoms with Crippen LogP contribution in [-0.2, 0) is 0 Å². The van der Waals surface area contributed by atoms with Crippen LogP contribution in [0.4, 0.5) is 4.39 Å². The Hall–Kier alpha value is -0.930. The molecule has 1 aliphatic heterocycles. The largest absolute Gasteiger partial charge is 0.396 e. The van der Waals surface area contributed by atoms with Gasteiger partial charge in [-0.3, -0.25) is 4.90 Å². The summed E-state index contributed by atoms with van der Waals surface area (Å²) in [7, 11) is 0. The molecule has 1 aromatic rings. The van der Waals surface area contributed by atoms with Crippen molar-refractivity contribution in [2.45, 2.75) is 32.2 Å². The zero-order chi connectivity index (χ0) is 12.3. The van der Waals surface area contributed by atoms with Crippen molar-refractivity contribution < 1.29 is 9.50 Å². The van der Waals surface area contributed by atoms with Crippen molar-refractivity contribution in [2.24, 2.45) is 0 Å². The minimum Gasteiger partial charge on any atom is -0.396 e. The molecule has 0 aliphatic carbocycles. The molecule has 1 unspecified atom stereocenters. The third kappa shape index (κ3) is 2.85. The SMILES string of the molecule is Cc1ccc(C(CCO)N2CCCC2)c(F)c1. The Morgan fingerprint density at radius 3 is 2.65 bits per heavy atom. The van der Waals surface area contributed by atoms with Crippen molar-refractivity contribution >= 4 is 0 Å². The molecule has 1 atom stereocenters. The molecule has 0 aromatic heterocycles. The molecule has 1 aliphatic rings. The Morgan fingerprint density at radius 1 is 1.35 bits per heavy atom. The summed E-state index contributed by atoms with van der Waals surface area (Å²) in [6.45, 7) is 4.02. The molecular formula is C14H20FNO. The molecule has 1 fully saturated rings. The van der Waals surface area contributed by atoms with Crippen molar-refractivity contribution in [2.75, 3.05) is 19.7 Å². The third-order valence-electron chi connectivity index (χ3n) is 3.50. The first-order chi connectivity index (χ1) is 8.22. The van der Waals surface area contributed by atoms with E-state index in [0.717, 1.165) is 24.2 Å². The summed E-state index contributed by atoms with van der Waals surface area (Å²) >= 11 is 0. The van der Waals surface area contributed by atoms with Crippen LogP contribution in [-0.4, -0.2) is 29.7 Å². The second kappa shape index (κ2) is 5.61. The molecular weight excluding hydrogens is 217 g/mol. The monoisotopic (exact) mass is 237 g/mol. The highest BCUT2D eigenvalue weighted by atomic mass is 19.1. The number of rotatable bonds is 4. The Balaban J connectivity index is 2.24. The van der Waals surface area contributed by atoms with Gasteiger partial charge in [0.15, 0.2) is 0 Å². The van der Waals surface area contributed by atoms with Gasteiger partial charge in [-0.05, 0) is 50.9 Å². The fourth-order valence-corrected chi connectivity index (χ4v) is 2.61. The number of aryl methyl sites for hydroxylation is 1. The van der Waals surface area contributed by atoms with Crippen LogP contribution in [0.3, 0.4) is 0 Å². The minimum absolute atomic E-state index is 0.0306. The lowest BCUT2D eigenvalue weighted by Crippen LogP contribution is -2.27. The highest BCUT2D eigenvalue weighted by Gasteiger charge is 2.25. The van der Waals surface area contributed by atoms with Crippen LogP contribution >= 0.6 is 0 Å². The van der Waals surface area contributed by atoms with Gasteiger partial charge in [-0.25, -0.2) is 4.39 Å². The molecule has 0 spiro atoms. The number of nitrogens with zero attached hydrogens (tertiary/aromatic N) is 1. The topological polar surface area (TPSA) is 23.5 Å². The third-order valence-corrected chi connectivity index (χ3v) is 3.50. The first kappa shape index (κ1) is 12.5. The predicted molar refractivity (Wildman–Crippen MR) is 66.4 cm³/mol. The van der Waals surface area contributed by atoms with Crippen molar-refractivity contribution in [1.29, 1.82) is 0 Å². The molecule has 94 valence electrons. The summed E-state index contributed by atoms with van der Waals surface area (Å²) in [5.74, 6) is -0.143. The molecule has 1 aromatic carbocycles. The molecule has 2 rings (SSSR count). The van der Waals surface area contributed by atoms with E-state index < -0.39 is 0 Å². The summed E-state index contributed by atoms with van der Waals surface area (Å²) in [5, 5.41) is 9.15. The first-order valence-electron chi connectivity index (χ1n) is 6.33. The lowest BCUT2D eigenvalue weighted by molar-refractivity contribution is 0.182. The molecule has 3 heteroatoms. The lowest BCUT2D eigenvalue weighted by atomic mass is 10.0. The van der Waals surface area contributed by atoms with Gasteiger partial charge in [-0.15, -0.1) is 0 Å². The Labute approximate surface area is 102 Å². The van der Waals surface area contributed by atoms with Crippen molar-refractivity contribution in [3.05, 3.63) is 35.1 Å². The van der Waals surface area contributed by atoms with E-state index in [1.807, 2.05) is 19.1 Å². The van der Waals surface area contributed by atoms with Crippen LogP contribution in [0.5, 0.6) is 0 Å². The normalized spacial score (nSPS) is 18.5. The average molecular weight is 237 g/mol. The number of hydrogen-bond acceptors (Lipinski definition) is 2. The number of aliphatic hydroxyl groups excluding tert-OH is 1. The fourth-order valence-electron chi connectivity index (χ4n) is 2.61. The van der Waals surface area contributed by atoms with Crippen LogP contribution in [0.2, 0.25) is 0 Å². The zero-order valence-electron chi connectivity index (χ0n) is 10.3. The van der Waals surface area contributed by atoms with Gasteiger partial charge in [0.2, 0.25) is 0 Å². The van der Waals surface area contributed by atoms with Crippen LogP contribution in [0.15, 0.2) is 18.2 Å². The van der Waals surface area contributed by atoms with Gasteiger partial charge in [-0.2, -0.15) is 0 Å². The second-order valence-electron chi connectivity index (χ2n) is 4.80. The molecule has 1 saturated heterocycles. The lowest BCUT2D eigenvalue weighted by Gasteiger charge is -2.27. The molecule has 0 saturated carbocycles. The maximum atomic E-state index is 14.0. The van der Waals surface area contributed by atoms with Gasteiger partial charge in [0.25, 0.3) is 0 Å². The molecule has 2 nitrogen and oxygen atoms in total. The van der Waals surface area contributed by atoms with Crippen molar-refractivity contribution in [3.63, 3.8) is 0 Å². The average Bonchev–Trinajstić information content (AvgIpc) is 2.80. The molecule has 0 amide bonds. The minimum atomic E-state index is -0.143. The van der Waals surface area contributed by atoms with E-state index in [1.165, 1.54) is 12.8 Å². The molecule has 1 N–H and O–H groups in total. The summed E-state index contributed by atoms with van der Waals surface area (Å²) in [6, 6.07) is 5.42. The molecule has 17 heavy (non-hydrogen) atoms. The van der Waals surface area contributed by atoms with E-state index in [9.17, 15) is 4.39 Å². The standard InChI is InChI=1S/C14H20FNO/c1-11-4-5-12(13(15)10-11)14(6-9-17)16-7-2-3-8-16/h4-5,10,14,17H,2-3,6-9H2,1H3. The second-order valence-corrected chi connectivity index (χ2v) is 4.80.